The minimum Gasteiger partial charge on any atom is -0.326 e. The van der Waals surface area contributed by atoms with Crippen molar-refractivity contribution in [1.29, 1.82) is 0 Å². The number of rotatable bonds is 4. The number of thiophene rings is 2. The predicted octanol–water partition coefficient (Wildman–Crippen LogP) is 2.93. The molecule has 0 saturated carbocycles. The minimum absolute atomic E-state index is 0.106. The monoisotopic (exact) mass is 342 g/mol. The highest BCUT2D eigenvalue weighted by atomic mass is 32.2. The molecule has 21 heavy (non-hydrogen) atoms. The molecule has 114 valence electrons. The van der Waals surface area contributed by atoms with Gasteiger partial charge < -0.3 is 5.73 Å². The van der Waals surface area contributed by atoms with Gasteiger partial charge in [0.1, 0.15) is 0 Å². The lowest BCUT2D eigenvalue weighted by Gasteiger charge is -2.23. The standard InChI is InChI=1S/C14H18N2O2S3/c1-9-14(7-10(8-15)20-9)21(17,18)16-12-3-2-4-13-11(12)5-6-19-13/h5-7,12,16H,2-4,8,15H2,1H3. The summed E-state index contributed by atoms with van der Waals surface area (Å²) in [6.07, 6.45) is 2.94. The van der Waals surface area contributed by atoms with E-state index in [0.717, 1.165) is 34.6 Å². The van der Waals surface area contributed by atoms with Gasteiger partial charge >= 0.3 is 0 Å². The Morgan fingerprint density at radius 3 is 3.00 bits per heavy atom. The van der Waals surface area contributed by atoms with Crippen LogP contribution in [-0.4, -0.2) is 8.42 Å². The zero-order valence-electron chi connectivity index (χ0n) is 11.8. The van der Waals surface area contributed by atoms with Gasteiger partial charge in [-0.3, -0.25) is 0 Å². The molecule has 0 aromatic carbocycles. The van der Waals surface area contributed by atoms with E-state index in [1.54, 1.807) is 17.4 Å². The first-order valence-corrected chi connectivity index (χ1v) is 10.1. The van der Waals surface area contributed by atoms with Crippen LogP contribution in [0.3, 0.4) is 0 Å². The molecule has 2 aromatic rings. The summed E-state index contributed by atoms with van der Waals surface area (Å²) in [5.74, 6) is 0. The highest BCUT2D eigenvalue weighted by Crippen LogP contribution is 2.35. The van der Waals surface area contributed by atoms with Gasteiger partial charge in [0.25, 0.3) is 0 Å². The molecule has 0 aliphatic heterocycles. The summed E-state index contributed by atoms with van der Waals surface area (Å²) >= 11 is 3.16. The maximum Gasteiger partial charge on any atom is 0.242 e. The number of nitrogens with two attached hydrogens (primary N) is 1. The number of hydrogen-bond acceptors (Lipinski definition) is 5. The van der Waals surface area contributed by atoms with Gasteiger partial charge in [0.2, 0.25) is 10.0 Å². The molecule has 4 nitrogen and oxygen atoms in total. The fourth-order valence-electron chi connectivity index (χ4n) is 2.75. The first-order valence-electron chi connectivity index (χ1n) is 6.89. The maximum atomic E-state index is 12.6. The number of fused-ring (bicyclic) bond motifs is 1. The van der Waals surface area contributed by atoms with Crippen LogP contribution in [0.4, 0.5) is 0 Å². The van der Waals surface area contributed by atoms with Crippen LogP contribution in [-0.2, 0) is 23.0 Å². The van der Waals surface area contributed by atoms with E-state index in [1.165, 1.54) is 16.2 Å². The van der Waals surface area contributed by atoms with Crippen molar-refractivity contribution >= 4 is 32.7 Å². The largest absolute Gasteiger partial charge is 0.326 e. The molecule has 2 aromatic heterocycles. The van der Waals surface area contributed by atoms with Crippen LogP contribution < -0.4 is 10.5 Å². The number of aryl methyl sites for hydroxylation is 2. The average Bonchev–Trinajstić information content (AvgIpc) is 3.05. The highest BCUT2D eigenvalue weighted by molar-refractivity contribution is 7.89. The predicted molar refractivity (Wildman–Crippen MR) is 87.3 cm³/mol. The number of hydrogen-bond donors (Lipinski definition) is 2. The van der Waals surface area contributed by atoms with Crippen LogP contribution in [0.25, 0.3) is 0 Å². The molecule has 1 aliphatic carbocycles. The summed E-state index contributed by atoms with van der Waals surface area (Å²) in [5, 5.41) is 2.04. The molecule has 0 saturated heterocycles. The summed E-state index contributed by atoms with van der Waals surface area (Å²) < 4.78 is 28.2. The zero-order chi connectivity index (χ0) is 15.0. The fourth-order valence-corrected chi connectivity index (χ4v) is 6.50. The van der Waals surface area contributed by atoms with Crippen molar-refractivity contribution < 1.29 is 8.42 Å². The lowest BCUT2D eigenvalue weighted by Crippen LogP contribution is -2.30. The molecule has 0 bridgehead atoms. The lowest BCUT2D eigenvalue weighted by atomic mass is 9.95. The second-order valence-electron chi connectivity index (χ2n) is 5.20. The van der Waals surface area contributed by atoms with Gasteiger partial charge in [0, 0.05) is 27.2 Å². The van der Waals surface area contributed by atoms with E-state index in [1.807, 2.05) is 18.4 Å². The Hall–Kier alpha value is -0.730. The summed E-state index contributed by atoms with van der Waals surface area (Å²) in [6, 6.07) is 3.63. The van der Waals surface area contributed by atoms with Gasteiger partial charge in [0.15, 0.2) is 0 Å². The second kappa shape index (κ2) is 5.81. The van der Waals surface area contributed by atoms with Crippen LogP contribution in [0.15, 0.2) is 22.4 Å². The second-order valence-corrected chi connectivity index (χ2v) is 9.23. The zero-order valence-corrected chi connectivity index (χ0v) is 14.2. The van der Waals surface area contributed by atoms with E-state index in [2.05, 4.69) is 4.72 Å². The van der Waals surface area contributed by atoms with E-state index in [-0.39, 0.29) is 6.04 Å². The maximum absolute atomic E-state index is 12.6. The molecule has 0 radical (unpaired) electrons. The van der Waals surface area contributed by atoms with Crippen LogP contribution in [0, 0.1) is 6.92 Å². The van der Waals surface area contributed by atoms with Gasteiger partial charge in [0.05, 0.1) is 4.90 Å². The number of nitrogens with one attached hydrogen (secondary N) is 1. The Bertz CT molecular complexity index is 746. The van der Waals surface area contributed by atoms with E-state index in [4.69, 9.17) is 5.73 Å². The van der Waals surface area contributed by atoms with Gasteiger partial charge in [-0.15, -0.1) is 22.7 Å². The highest BCUT2D eigenvalue weighted by Gasteiger charge is 2.28. The fraction of sp³-hybridized carbons (Fsp3) is 0.429. The molecule has 0 fully saturated rings. The molecule has 2 heterocycles. The summed E-state index contributed by atoms with van der Waals surface area (Å²) in [7, 11) is -3.49. The molecular formula is C14H18N2O2S3. The average molecular weight is 343 g/mol. The Balaban J connectivity index is 1.89. The third kappa shape index (κ3) is 2.93. The van der Waals surface area contributed by atoms with Crippen molar-refractivity contribution in [3.8, 4) is 0 Å². The summed E-state index contributed by atoms with van der Waals surface area (Å²) in [6.45, 7) is 2.20. The van der Waals surface area contributed by atoms with Crippen molar-refractivity contribution in [2.24, 2.45) is 5.73 Å². The summed E-state index contributed by atoms with van der Waals surface area (Å²) in [4.78, 5) is 3.37. The Morgan fingerprint density at radius 2 is 2.29 bits per heavy atom. The Labute approximate surface area is 133 Å². The molecule has 1 unspecified atom stereocenters. The molecule has 3 rings (SSSR count). The smallest absolute Gasteiger partial charge is 0.242 e. The molecule has 3 N–H and O–H groups in total. The molecule has 1 atom stereocenters. The van der Waals surface area contributed by atoms with Crippen molar-refractivity contribution in [2.45, 2.75) is 43.7 Å². The molecular weight excluding hydrogens is 324 g/mol. The van der Waals surface area contributed by atoms with Crippen molar-refractivity contribution in [3.63, 3.8) is 0 Å². The van der Waals surface area contributed by atoms with Crippen LogP contribution in [0.1, 0.15) is 39.1 Å². The van der Waals surface area contributed by atoms with Gasteiger partial charge in [-0.1, -0.05) is 0 Å². The third-order valence-electron chi connectivity index (χ3n) is 3.76. The van der Waals surface area contributed by atoms with Crippen LogP contribution >= 0.6 is 22.7 Å². The topological polar surface area (TPSA) is 72.2 Å². The van der Waals surface area contributed by atoms with Gasteiger partial charge in [-0.25, -0.2) is 13.1 Å². The normalized spacial score (nSPS) is 18.7. The van der Waals surface area contributed by atoms with E-state index in [0.29, 0.717) is 11.4 Å². The minimum atomic E-state index is -3.49. The number of sulfonamides is 1. The van der Waals surface area contributed by atoms with Crippen LogP contribution in [0.2, 0.25) is 0 Å². The third-order valence-corrected chi connectivity index (χ3v) is 7.56. The van der Waals surface area contributed by atoms with Crippen molar-refractivity contribution in [2.75, 3.05) is 0 Å². The quantitative estimate of drug-likeness (QED) is 0.897. The SMILES string of the molecule is Cc1sc(CN)cc1S(=O)(=O)NC1CCCc2sccc21. The summed E-state index contributed by atoms with van der Waals surface area (Å²) in [5.41, 5.74) is 6.75. The van der Waals surface area contributed by atoms with E-state index >= 15 is 0 Å². The van der Waals surface area contributed by atoms with Gasteiger partial charge in [-0.2, -0.15) is 0 Å². The lowest BCUT2D eigenvalue weighted by molar-refractivity contribution is 0.511. The van der Waals surface area contributed by atoms with E-state index < -0.39 is 10.0 Å². The molecule has 0 amide bonds. The van der Waals surface area contributed by atoms with Crippen LogP contribution in [0.5, 0.6) is 0 Å². The molecule has 7 heteroatoms. The van der Waals surface area contributed by atoms with Crippen molar-refractivity contribution in [3.05, 3.63) is 37.7 Å². The Morgan fingerprint density at radius 1 is 1.48 bits per heavy atom. The van der Waals surface area contributed by atoms with E-state index in [9.17, 15) is 8.42 Å². The molecule has 0 spiro atoms. The first kappa shape index (κ1) is 15.2. The van der Waals surface area contributed by atoms with Crippen molar-refractivity contribution in [1.82, 2.24) is 4.72 Å². The van der Waals surface area contributed by atoms with Gasteiger partial charge in [-0.05, 0) is 49.3 Å². The molecule has 1 aliphatic rings. The first-order chi connectivity index (χ1) is 10.0. The Kier molecular flexibility index (Phi) is 4.20.